The number of pyridine rings is 1. The first-order chi connectivity index (χ1) is 13.2. The van der Waals surface area contributed by atoms with E-state index in [9.17, 15) is 22.8 Å². The highest BCUT2D eigenvalue weighted by Gasteiger charge is 2.34. The fourth-order valence-electron chi connectivity index (χ4n) is 3.80. The zero-order valence-electron chi connectivity index (χ0n) is 15.2. The second kappa shape index (κ2) is 8.14. The number of aromatic nitrogens is 1. The van der Waals surface area contributed by atoms with E-state index in [2.05, 4.69) is 4.98 Å². The van der Waals surface area contributed by atoms with Gasteiger partial charge < -0.3 is 15.5 Å². The molecule has 0 aromatic carbocycles. The molecule has 6 nitrogen and oxygen atoms in total. The molecule has 1 aromatic heterocycles. The molecule has 0 unspecified atom stereocenters. The Balaban J connectivity index is 1.56. The Labute approximate surface area is 165 Å². The minimum Gasteiger partial charge on any atom is -0.369 e. The van der Waals surface area contributed by atoms with Gasteiger partial charge in [-0.15, -0.1) is 0 Å². The fourth-order valence-corrected chi connectivity index (χ4v) is 4.09. The predicted octanol–water partition coefficient (Wildman–Crippen LogP) is 2.69. The van der Waals surface area contributed by atoms with Crippen LogP contribution in [0.3, 0.4) is 0 Å². The quantitative estimate of drug-likeness (QED) is 0.818. The molecule has 0 atom stereocenters. The normalized spacial score (nSPS) is 19.7. The van der Waals surface area contributed by atoms with E-state index in [0.29, 0.717) is 57.7 Å². The summed E-state index contributed by atoms with van der Waals surface area (Å²) in [7, 11) is 0. The van der Waals surface area contributed by atoms with Crippen LogP contribution in [0.25, 0.3) is 0 Å². The van der Waals surface area contributed by atoms with Crippen LogP contribution in [0.5, 0.6) is 0 Å². The molecule has 2 saturated heterocycles. The van der Waals surface area contributed by atoms with Crippen molar-refractivity contribution in [2.75, 3.05) is 31.1 Å². The summed E-state index contributed by atoms with van der Waals surface area (Å²) in [5, 5.41) is -0.0480. The molecule has 2 fully saturated rings. The highest BCUT2D eigenvalue weighted by atomic mass is 35.5. The SMILES string of the molecule is NC(=O)C1CCN(C(=O)C2CCN(c3ncc(C(F)(F)F)cc3Cl)CC2)CC1. The number of likely N-dealkylation sites (tertiary alicyclic amines) is 1. The van der Waals surface area contributed by atoms with Crippen molar-refractivity contribution in [3.8, 4) is 0 Å². The lowest BCUT2D eigenvalue weighted by Crippen LogP contribution is -2.47. The van der Waals surface area contributed by atoms with Gasteiger partial charge in [-0.1, -0.05) is 11.6 Å². The molecule has 0 saturated carbocycles. The first-order valence-corrected chi connectivity index (χ1v) is 9.60. The van der Waals surface area contributed by atoms with Gasteiger partial charge >= 0.3 is 6.18 Å². The number of anilines is 1. The highest BCUT2D eigenvalue weighted by Crippen LogP contribution is 2.35. The molecule has 2 amide bonds. The van der Waals surface area contributed by atoms with Crippen molar-refractivity contribution in [3.63, 3.8) is 0 Å². The molecule has 2 aliphatic rings. The number of nitrogens with zero attached hydrogens (tertiary/aromatic N) is 3. The van der Waals surface area contributed by atoms with Crippen molar-refractivity contribution >= 4 is 29.2 Å². The van der Waals surface area contributed by atoms with Gasteiger partial charge in [0.1, 0.15) is 5.82 Å². The molecule has 154 valence electrons. The summed E-state index contributed by atoms with van der Waals surface area (Å²) >= 11 is 6.01. The Morgan fingerprint density at radius 1 is 1.07 bits per heavy atom. The van der Waals surface area contributed by atoms with Gasteiger partial charge in [0.15, 0.2) is 0 Å². The molecule has 2 N–H and O–H groups in total. The number of carbonyl (C=O) groups excluding carboxylic acids is 2. The van der Waals surface area contributed by atoms with Crippen molar-refractivity contribution < 1.29 is 22.8 Å². The van der Waals surface area contributed by atoms with Crippen LogP contribution in [0.15, 0.2) is 12.3 Å². The van der Waals surface area contributed by atoms with E-state index >= 15 is 0 Å². The van der Waals surface area contributed by atoms with Crippen LogP contribution in [-0.2, 0) is 15.8 Å². The van der Waals surface area contributed by atoms with E-state index < -0.39 is 11.7 Å². The van der Waals surface area contributed by atoms with Gasteiger partial charge in [-0.3, -0.25) is 9.59 Å². The number of halogens is 4. The summed E-state index contributed by atoms with van der Waals surface area (Å²) in [6.07, 6.45) is -1.38. The highest BCUT2D eigenvalue weighted by molar-refractivity contribution is 6.33. The predicted molar refractivity (Wildman–Crippen MR) is 97.7 cm³/mol. The van der Waals surface area contributed by atoms with E-state index in [1.54, 1.807) is 4.90 Å². The summed E-state index contributed by atoms with van der Waals surface area (Å²) in [4.78, 5) is 31.4. The van der Waals surface area contributed by atoms with Gasteiger partial charge in [-0.05, 0) is 31.7 Å². The maximum absolute atomic E-state index is 12.7. The molecular formula is C18H22ClF3N4O2. The smallest absolute Gasteiger partial charge is 0.369 e. The van der Waals surface area contributed by atoms with Crippen LogP contribution in [0, 0.1) is 11.8 Å². The Morgan fingerprint density at radius 2 is 1.64 bits per heavy atom. The van der Waals surface area contributed by atoms with E-state index in [0.717, 1.165) is 12.3 Å². The molecule has 10 heteroatoms. The molecule has 3 heterocycles. The Kier molecular flexibility index (Phi) is 6.02. The number of piperidine rings is 2. The largest absolute Gasteiger partial charge is 0.417 e. The third-order valence-electron chi connectivity index (χ3n) is 5.50. The minimum atomic E-state index is -4.49. The van der Waals surface area contributed by atoms with Gasteiger partial charge in [0.05, 0.1) is 10.6 Å². The van der Waals surface area contributed by atoms with Crippen molar-refractivity contribution in [2.24, 2.45) is 17.6 Å². The first-order valence-electron chi connectivity index (χ1n) is 9.22. The molecule has 1 aromatic rings. The Morgan fingerprint density at radius 3 is 2.14 bits per heavy atom. The summed E-state index contributed by atoms with van der Waals surface area (Å²) in [6.45, 7) is 2.04. The second-order valence-electron chi connectivity index (χ2n) is 7.29. The number of hydrogen-bond donors (Lipinski definition) is 1. The van der Waals surface area contributed by atoms with Gasteiger partial charge in [0.2, 0.25) is 11.8 Å². The molecule has 28 heavy (non-hydrogen) atoms. The molecule has 0 aliphatic carbocycles. The standard InChI is InChI=1S/C18H22ClF3N4O2/c19-14-9-13(18(20,21)22)10-24-16(14)25-5-3-12(4-6-25)17(28)26-7-1-11(2-8-26)15(23)27/h9-12H,1-8H2,(H2,23,27). The lowest BCUT2D eigenvalue weighted by molar-refractivity contribution is -0.139. The van der Waals surface area contributed by atoms with Crippen molar-refractivity contribution in [2.45, 2.75) is 31.9 Å². The summed E-state index contributed by atoms with van der Waals surface area (Å²) in [5.41, 5.74) is 4.44. The monoisotopic (exact) mass is 418 g/mol. The molecule has 2 aliphatic heterocycles. The summed E-state index contributed by atoms with van der Waals surface area (Å²) in [5.74, 6) is -0.258. The molecule has 0 radical (unpaired) electrons. The van der Waals surface area contributed by atoms with E-state index in [1.165, 1.54) is 0 Å². The molecule has 0 spiro atoms. The van der Waals surface area contributed by atoms with Gasteiger partial charge in [-0.25, -0.2) is 4.98 Å². The Hall–Kier alpha value is -2.03. The van der Waals surface area contributed by atoms with Crippen LogP contribution in [-0.4, -0.2) is 47.9 Å². The number of alkyl halides is 3. The number of hydrogen-bond acceptors (Lipinski definition) is 4. The maximum atomic E-state index is 12.7. The maximum Gasteiger partial charge on any atom is 0.417 e. The van der Waals surface area contributed by atoms with Gasteiger partial charge in [0.25, 0.3) is 0 Å². The number of amides is 2. The van der Waals surface area contributed by atoms with Crippen LogP contribution in [0.1, 0.15) is 31.2 Å². The minimum absolute atomic E-state index is 0.0480. The van der Waals surface area contributed by atoms with E-state index in [1.807, 2.05) is 4.90 Å². The zero-order chi connectivity index (χ0) is 20.5. The Bertz CT molecular complexity index is 743. The van der Waals surface area contributed by atoms with Crippen LogP contribution >= 0.6 is 11.6 Å². The summed E-state index contributed by atoms with van der Waals surface area (Å²) < 4.78 is 38.2. The second-order valence-corrected chi connectivity index (χ2v) is 7.70. The van der Waals surface area contributed by atoms with Crippen molar-refractivity contribution in [1.29, 1.82) is 0 Å². The first kappa shape index (κ1) is 20.7. The van der Waals surface area contributed by atoms with Crippen molar-refractivity contribution in [3.05, 3.63) is 22.8 Å². The lowest BCUT2D eigenvalue weighted by Gasteiger charge is -2.37. The third kappa shape index (κ3) is 4.51. The zero-order valence-corrected chi connectivity index (χ0v) is 16.0. The van der Waals surface area contributed by atoms with Gasteiger partial charge in [0, 0.05) is 44.2 Å². The number of nitrogens with two attached hydrogens (primary N) is 1. The van der Waals surface area contributed by atoms with E-state index in [-0.39, 0.29) is 28.7 Å². The molecule has 0 bridgehead atoms. The van der Waals surface area contributed by atoms with Crippen molar-refractivity contribution in [1.82, 2.24) is 9.88 Å². The topological polar surface area (TPSA) is 79.5 Å². The van der Waals surface area contributed by atoms with Gasteiger partial charge in [-0.2, -0.15) is 13.2 Å². The fraction of sp³-hybridized carbons (Fsp3) is 0.611. The molecular weight excluding hydrogens is 397 g/mol. The van der Waals surface area contributed by atoms with Crippen LogP contribution in [0.2, 0.25) is 5.02 Å². The lowest BCUT2D eigenvalue weighted by atomic mass is 9.92. The summed E-state index contributed by atoms with van der Waals surface area (Å²) in [6, 6.07) is 0.879. The third-order valence-corrected chi connectivity index (χ3v) is 5.78. The number of rotatable bonds is 3. The van der Waals surface area contributed by atoms with E-state index in [4.69, 9.17) is 17.3 Å². The van der Waals surface area contributed by atoms with Crippen LogP contribution in [0.4, 0.5) is 19.0 Å². The average molecular weight is 419 g/mol. The number of carbonyl (C=O) groups is 2. The van der Waals surface area contributed by atoms with Crippen LogP contribution < -0.4 is 10.6 Å². The number of primary amides is 1. The molecule has 3 rings (SSSR count). The average Bonchev–Trinajstić information content (AvgIpc) is 2.67.